The molecule has 98 valence electrons. The Balaban J connectivity index is 2.08. The average molecular weight is 269 g/mol. The van der Waals surface area contributed by atoms with Crippen LogP contribution in [0.1, 0.15) is 37.1 Å². The maximum absolute atomic E-state index is 11.4. The summed E-state index contributed by atoms with van der Waals surface area (Å²) in [6.45, 7) is 4.55. The Morgan fingerprint density at radius 3 is 2.78 bits per heavy atom. The average Bonchev–Trinajstić information content (AvgIpc) is 3.15. The van der Waals surface area contributed by atoms with Crippen LogP contribution in [-0.2, 0) is 4.79 Å². The second-order valence-electron chi connectivity index (χ2n) is 4.43. The quantitative estimate of drug-likeness (QED) is 0.800. The van der Waals surface area contributed by atoms with Gasteiger partial charge >= 0.3 is 0 Å². The third-order valence-electron chi connectivity index (χ3n) is 2.84. The molecule has 2 N–H and O–H groups in total. The number of hydrogen-bond acceptors (Lipinski definition) is 4. The monoisotopic (exact) mass is 268 g/mol. The SMILES string of the molecule is CCNC(=O)CNc1nc(C2CC2)nc(Cl)c1C. The second kappa shape index (κ2) is 5.52. The summed E-state index contributed by atoms with van der Waals surface area (Å²) in [5.41, 5.74) is 0.783. The molecule has 0 bridgehead atoms. The zero-order valence-corrected chi connectivity index (χ0v) is 11.3. The van der Waals surface area contributed by atoms with E-state index in [1.165, 1.54) is 0 Å². The molecule has 0 unspecified atom stereocenters. The third kappa shape index (κ3) is 3.10. The van der Waals surface area contributed by atoms with Gasteiger partial charge in [0.2, 0.25) is 5.91 Å². The molecule has 1 saturated carbocycles. The summed E-state index contributed by atoms with van der Waals surface area (Å²) in [7, 11) is 0. The Labute approximate surface area is 111 Å². The van der Waals surface area contributed by atoms with Gasteiger partial charge in [0.05, 0.1) is 6.54 Å². The van der Waals surface area contributed by atoms with E-state index in [4.69, 9.17) is 11.6 Å². The first-order valence-corrected chi connectivity index (χ1v) is 6.54. The van der Waals surface area contributed by atoms with Gasteiger partial charge in [-0.1, -0.05) is 11.6 Å². The molecule has 1 aliphatic carbocycles. The molecule has 0 radical (unpaired) electrons. The molecule has 1 aromatic heterocycles. The minimum Gasteiger partial charge on any atom is -0.361 e. The highest BCUT2D eigenvalue weighted by Crippen LogP contribution is 2.39. The summed E-state index contributed by atoms with van der Waals surface area (Å²) in [5.74, 6) is 1.82. The molecule has 1 aliphatic rings. The number of carbonyl (C=O) groups excluding carboxylic acids is 1. The van der Waals surface area contributed by atoms with E-state index in [0.717, 1.165) is 24.2 Å². The van der Waals surface area contributed by atoms with Crippen molar-refractivity contribution in [3.05, 3.63) is 16.5 Å². The van der Waals surface area contributed by atoms with Crippen molar-refractivity contribution in [1.82, 2.24) is 15.3 Å². The molecule has 1 heterocycles. The van der Waals surface area contributed by atoms with E-state index in [1.807, 2.05) is 13.8 Å². The van der Waals surface area contributed by atoms with Crippen LogP contribution in [0, 0.1) is 6.92 Å². The van der Waals surface area contributed by atoms with Gasteiger partial charge < -0.3 is 10.6 Å². The maximum Gasteiger partial charge on any atom is 0.239 e. The molecule has 5 nitrogen and oxygen atoms in total. The Hall–Kier alpha value is -1.36. The summed E-state index contributed by atoms with van der Waals surface area (Å²) in [6, 6.07) is 0. The first kappa shape index (κ1) is 13.1. The Morgan fingerprint density at radius 1 is 1.44 bits per heavy atom. The summed E-state index contributed by atoms with van der Waals surface area (Å²) in [5, 5.41) is 6.20. The largest absolute Gasteiger partial charge is 0.361 e. The molecule has 6 heteroatoms. The van der Waals surface area contributed by atoms with Crippen LogP contribution >= 0.6 is 11.6 Å². The Kier molecular flexibility index (Phi) is 4.01. The first-order chi connectivity index (χ1) is 8.61. The molecule has 18 heavy (non-hydrogen) atoms. The molecule has 1 aromatic rings. The Morgan fingerprint density at radius 2 is 2.17 bits per heavy atom. The van der Waals surface area contributed by atoms with E-state index in [9.17, 15) is 4.79 Å². The van der Waals surface area contributed by atoms with Crippen molar-refractivity contribution in [2.75, 3.05) is 18.4 Å². The lowest BCUT2D eigenvalue weighted by Crippen LogP contribution is -2.30. The fourth-order valence-corrected chi connectivity index (χ4v) is 1.80. The van der Waals surface area contributed by atoms with E-state index in [0.29, 0.717) is 23.4 Å². The number of carbonyl (C=O) groups is 1. The Bertz CT molecular complexity index is 460. The molecule has 1 amide bonds. The smallest absolute Gasteiger partial charge is 0.239 e. The van der Waals surface area contributed by atoms with Gasteiger partial charge in [-0.05, 0) is 26.7 Å². The number of halogens is 1. The fourth-order valence-electron chi connectivity index (χ4n) is 1.63. The van der Waals surface area contributed by atoms with E-state index in [1.54, 1.807) is 0 Å². The number of amides is 1. The van der Waals surface area contributed by atoms with Crippen LogP contribution in [0.4, 0.5) is 5.82 Å². The van der Waals surface area contributed by atoms with Crippen LogP contribution in [0.5, 0.6) is 0 Å². The minimum absolute atomic E-state index is 0.0559. The number of aromatic nitrogens is 2. The van der Waals surface area contributed by atoms with Gasteiger partial charge in [0.15, 0.2) is 0 Å². The topological polar surface area (TPSA) is 66.9 Å². The minimum atomic E-state index is -0.0559. The van der Waals surface area contributed by atoms with Crippen molar-refractivity contribution in [3.63, 3.8) is 0 Å². The maximum atomic E-state index is 11.4. The second-order valence-corrected chi connectivity index (χ2v) is 4.79. The van der Waals surface area contributed by atoms with Crippen molar-refractivity contribution in [3.8, 4) is 0 Å². The van der Waals surface area contributed by atoms with Gasteiger partial charge in [-0.2, -0.15) is 0 Å². The molecule has 0 aromatic carbocycles. The van der Waals surface area contributed by atoms with Crippen LogP contribution in [0.25, 0.3) is 0 Å². The number of anilines is 1. The van der Waals surface area contributed by atoms with Crippen molar-refractivity contribution in [2.24, 2.45) is 0 Å². The van der Waals surface area contributed by atoms with Crippen LogP contribution in [-0.4, -0.2) is 29.0 Å². The molecule has 0 spiro atoms. The number of hydrogen-bond donors (Lipinski definition) is 2. The van der Waals surface area contributed by atoms with Gasteiger partial charge in [-0.3, -0.25) is 4.79 Å². The van der Waals surface area contributed by atoms with Gasteiger partial charge in [0.25, 0.3) is 0 Å². The highest BCUT2D eigenvalue weighted by molar-refractivity contribution is 6.30. The number of nitrogens with one attached hydrogen (secondary N) is 2. The predicted molar refractivity (Wildman–Crippen MR) is 70.9 cm³/mol. The fraction of sp³-hybridized carbons (Fsp3) is 0.583. The van der Waals surface area contributed by atoms with Crippen molar-refractivity contribution >= 4 is 23.3 Å². The highest BCUT2D eigenvalue weighted by atomic mass is 35.5. The lowest BCUT2D eigenvalue weighted by molar-refractivity contribution is -0.119. The highest BCUT2D eigenvalue weighted by Gasteiger charge is 2.28. The van der Waals surface area contributed by atoms with Crippen LogP contribution < -0.4 is 10.6 Å². The van der Waals surface area contributed by atoms with Crippen molar-refractivity contribution < 1.29 is 4.79 Å². The van der Waals surface area contributed by atoms with Crippen molar-refractivity contribution in [1.29, 1.82) is 0 Å². The molecular formula is C12H17ClN4O. The third-order valence-corrected chi connectivity index (χ3v) is 3.20. The first-order valence-electron chi connectivity index (χ1n) is 6.16. The lowest BCUT2D eigenvalue weighted by Gasteiger charge is -2.11. The summed E-state index contributed by atoms with van der Waals surface area (Å²) >= 11 is 6.08. The summed E-state index contributed by atoms with van der Waals surface area (Å²) in [6.07, 6.45) is 2.24. The zero-order valence-electron chi connectivity index (χ0n) is 10.6. The molecule has 0 saturated heterocycles. The predicted octanol–water partition coefficient (Wildman–Crippen LogP) is 1.86. The summed E-state index contributed by atoms with van der Waals surface area (Å²) < 4.78 is 0. The molecule has 0 atom stereocenters. The van der Waals surface area contributed by atoms with Gasteiger partial charge in [0, 0.05) is 18.0 Å². The van der Waals surface area contributed by atoms with Crippen molar-refractivity contribution in [2.45, 2.75) is 32.6 Å². The molecule has 1 fully saturated rings. The van der Waals surface area contributed by atoms with Gasteiger partial charge in [-0.15, -0.1) is 0 Å². The number of nitrogens with zero attached hydrogens (tertiary/aromatic N) is 2. The van der Waals surface area contributed by atoms with E-state index in [-0.39, 0.29) is 12.5 Å². The van der Waals surface area contributed by atoms with Crippen LogP contribution in [0.3, 0.4) is 0 Å². The lowest BCUT2D eigenvalue weighted by atomic mass is 10.3. The van der Waals surface area contributed by atoms with Crippen LogP contribution in [0.2, 0.25) is 5.15 Å². The van der Waals surface area contributed by atoms with E-state index in [2.05, 4.69) is 20.6 Å². The van der Waals surface area contributed by atoms with Gasteiger partial charge in [0.1, 0.15) is 16.8 Å². The standard InChI is InChI=1S/C12H17ClN4O/c1-3-14-9(18)6-15-11-7(2)10(13)16-12(17-11)8-4-5-8/h8H,3-6H2,1-2H3,(H,14,18)(H,15,16,17). The molecule has 0 aliphatic heterocycles. The number of likely N-dealkylation sites (N-methyl/N-ethyl adjacent to an activating group) is 1. The van der Waals surface area contributed by atoms with E-state index >= 15 is 0 Å². The van der Waals surface area contributed by atoms with E-state index < -0.39 is 0 Å². The number of rotatable bonds is 5. The van der Waals surface area contributed by atoms with Crippen LogP contribution in [0.15, 0.2) is 0 Å². The normalized spacial score (nSPS) is 14.4. The zero-order chi connectivity index (χ0) is 13.1. The molecular weight excluding hydrogens is 252 g/mol. The summed E-state index contributed by atoms with van der Waals surface area (Å²) in [4.78, 5) is 20.1. The van der Waals surface area contributed by atoms with Gasteiger partial charge in [-0.25, -0.2) is 9.97 Å². The molecule has 2 rings (SSSR count).